The number of Topliss-reactive ketones (excluding diaryl/α,β-unsaturated/α-hetero) is 1. The molecule has 6 heteroatoms. The highest BCUT2D eigenvalue weighted by Crippen LogP contribution is 2.29. The van der Waals surface area contributed by atoms with Crippen molar-refractivity contribution in [2.45, 2.75) is 18.4 Å². The normalized spacial score (nSPS) is 14.1. The third kappa shape index (κ3) is 3.01. The van der Waals surface area contributed by atoms with Crippen LogP contribution in [0.4, 0.5) is 4.39 Å². The van der Waals surface area contributed by atoms with Crippen molar-refractivity contribution in [3.8, 4) is 0 Å². The predicted molar refractivity (Wildman–Crippen MR) is 58.3 cm³/mol. The number of carboxylic acids is 1. The lowest BCUT2D eigenvalue weighted by molar-refractivity contribution is -0.147. The van der Waals surface area contributed by atoms with Crippen molar-refractivity contribution in [2.24, 2.45) is 0 Å². The summed E-state index contributed by atoms with van der Waals surface area (Å²) in [5.74, 6) is -2.62. The van der Waals surface area contributed by atoms with Gasteiger partial charge in [-0.2, -0.15) is 0 Å². The molecule has 1 aromatic rings. The molecule has 0 aliphatic carbocycles. The average Bonchev–Trinajstić information content (AvgIpc) is 2.26. The molecule has 0 saturated carbocycles. The second-order valence-corrected chi connectivity index (χ2v) is 3.92. The average molecular weight is 261 g/mol. The minimum atomic E-state index is -1.84. The third-order valence-electron chi connectivity index (χ3n) is 2.21. The number of ketones is 1. The first kappa shape index (κ1) is 13.6. The summed E-state index contributed by atoms with van der Waals surface area (Å²) in [7, 11) is 0. The van der Waals surface area contributed by atoms with Gasteiger partial charge in [0.2, 0.25) is 0 Å². The molecule has 0 spiro atoms. The molecule has 0 aliphatic heterocycles. The number of carbonyl (C=O) groups is 2. The fourth-order valence-corrected chi connectivity index (χ4v) is 1.56. The molecule has 17 heavy (non-hydrogen) atoms. The van der Waals surface area contributed by atoms with Crippen LogP contribution in [0.2, 0.25) is 0 Å². The van der Waals surface area contributed by atoms with Gasteiger partial charge >= 0.3 is 5.97 Å². The summed E-state index contributed by atoms with van der Waals surface area (Å²) >= 11 is 5.75. The molecule has 2 unspecified atom stereocenters. The fourth-order valence-electron chi connectivity index (χ4n) is 1.37. The third-order valence-corrected chi connectivity index (χ3v) is 2.75. The largest absolute Gasteiger partial charge is 0.479 e. The van der Waals surface area contributed by atoms with Crippen LogP contribution in [0.5, 0.6) is 0 Å². The lowest BCUT2D eigenvalue weighted by Gasteiger charge is -2.15. The molecule has 2 atom stereocenters. The Balaban J connectivity index is 3.30. The highest BCUT2D eigenvalue weighted by molar-refractivity contribution is 6.31. The first-order valence-corrected chi connectivity index (χ1v) is 5.13. The lowest BCUT2D eigenvalue weighted by atomic mass is 9.98. The number of hydrogen-bond acceptors (Lipinski definition) is 3. The van der Waals surface area contributed by atoms with Crippen LogP contribution in [-0.4, -0.2) is 22.0 Å². The molecule has 0 bridgehead atoms. The van der Waals surface area contributed by atoms with Gasteiger partial charge in [0.1, 0.15) is 11.2 Å². The van der Waals surface area contributed by atoms with Crippen molar-refractivity contribution in [3.05, 3.63) is 35.1 Å². The Morgan fingerprint density at radius 3 is 2.41 bits per heavy atom. The van der Waals surface area contributed by atoms with Gasteiger partial charge in [0.15, 0.2) is 11.9 Å². The van der Waals surface area contributed by atoms with E-state index in [9.17, 15) is 19.1 Å². The molecule has 4 nitrogen and oxygen atoms in total. The minimum absolute atomic E-state index is 0.0333. The number of carbonyl (C=O) groups excluding carboxylic acids is 1. The van der Waals surface area contributed by atoms with E-state index in [1.807, 2.05) is 0 Å². The maximum atomic E-state index is 13.0. The molecule has 2 N–H and O–H groups in total. The zero-order chi connectivity index (χ0) is 13.2. The molecule has 92 valence electrons. The van der Waals surface area contributed by atoms with Gasteiger partial charge in [-0.1, -0.05) is 6.07 Å². The van der Waals surface area contributed by atoms with Gasteiger partial charge in [0.05, 0.1) is 0 Å². The standard InChI is InChI=1S/C11H10ClFO4/c1-5(14)9(12)8-4-6(13)2-3-7(8)10(15)11(16)17/h2-4,9-10,15H,1H3,(H,16,17). The number of rotatable bonds is 4. The molecule has 0 aliphatic rings. The van der Waals surface area contributed by atoms with Crippen LogP contribution in [0.15, 0.2) is 18.2 Å². The van der Waals surface area contributed by atoms with E-state index in [-0.39, 0.29) is 11.1 Å². The zero-order valence-corrected chi connectivity index (χ0v) is 9.61. The van der Waals surface area contributed by atoms with E-state index in [1.165, 1.54) is 6.92 Å². The summed E-state index contributed by atoms with van der Waals surface area (Å²) in [6, 6.07) is 3.04. The number of benzene rings is 1. The summed E-state index contributed by atoms with van der Waals surface area (Å²) < 4.78 is 13.0. The van der Waals surface area contributed by atoms with Crippen molar-refractivity contribution in [2.75, 3.05) is 0 Å². The molecule has 0 amide bonds. The summed E-state index contributed by atoms with van der Waals surface area (Å²) in [5, 5.41) is 16.9. The van der Waals surface area contributed by atoms with Gasteiger partial charge in [-0.25, -0.2) is 9.18 Å². The van der Waals surface area contributed by atoms with Crippen LogP contribution >= 0.6 is 11.6 Å². The van der Waals surface area contributed by atoms with Gasteiger partial charge < -0.3 is 10.2 Å². The quantitative estimate of drug-likeness (QED) is 0.810. The van der Waals surface area contributed by atoms with Crippen molar-refractivity contribution >= 4 is 23.4 Å². The maximum absolute atomic E-state index is 13.0. The second-order valence-electron chi connectivity index (χ2n) is 3.49. The molecular formula is C11H10ClFO4. The van der Waals surface area contributed by atoms with Crippen molar-refractivity contribution < 1.29 is 24.2 Å². The van der Waals surface area contributed by atoms with Gasteiger partial charge in [-0.15, -0.1) is 11.6 Å². The number of halogens is 2. The Morgan fingerprint density at radius 1 is 1.35 bits per heavy atom. The Kier molecular flexibility index (Phi) is 4.20. The molecule has 0 heterocycles. The Hall–Kier alpha value is -1.46. The van der Waals surface area contributed by atoms with E-state index in [0.29, 0.717) is 0 Å². The van der Waals surface area contributed by atoms with Crippen molar-refractivity contribution in [1.82, 2.24) is 0 Å². The van der Waals surface area contributed by atoms with Crippen molar-refractivity contribution in [1.29, 1.82) is 0 Å². The monoisotopic (exact) mass is 260 g/mol. The minimum Gasteiger partial charge on any atom is -0.479 e. The number of carboxylic acid groups (broad SMARTS) is 1. The van der Waals surface area contributed by atoms with Crippen LogP contribution in [0.3, 0.4) is 0 Å². The van der Waals surface area contributed by atoms with Gasteiger partial charge in [-0.05, 0) is 30.2 Å². The fraction of sp³-hybridized carbons (Fsp3) is 0.273. The Bertz CT molecular complexity index is 461. The van der Waals surface area contributed by atoms with Crippen LogP contribution in [0.1, 0.15) is 29.5 Å². The van der Waals surface area contributed by atoms with Gasteiger partial charge in [0, 0.05) is 0 Å². The van der Waals surface area contributed by atoms with Gasteiger partial charge in [-0.3, -0.25) is 4.79 Å². The van der Waals surface area contributed by atoms with Crippen molar-refractivity contribution in [3.63, 3.8) is 0 Å². The SMILES string of the molecule is CC(=O)C(Cl)c1cc(F)ccc1C(O)C(=O)O. The maximum Gasteiger partial charge on any atom is 0.337 e. The smallest absolute Gasteiger partial charge is 0.337 e. The highest BCUT2D eigenvalue weighted by Gasteiger charge is 2.25. The zero-order valence-electron chi connectivity index (χ0n) is 8.85. The van der Waals surface area contributed by atoms with Gasteiger partial charge in [0.25, 0.3) is 0 Å². The summed E-state index contributed by atoms with van der Waals surface area (Å²) in [5.41, 5.74) is -0.122. The molecule has 1 aromatic carbocycles. The van der Waals surface area contributed by atoms with E-state index in [2.05, 4.69) is 0 Å². The van der Waals surface area contributed by atoms with E-state index < -0.39 is 29.1 Å². The molecule has 0 fully saturated rings. The topological polar surface area (TPSA) is 74.6 Å². The molecular weight excluding hydrogens is 251 g/mol. The van der Waals surface area contributed by atoms with E-state index >= 15 is 0 Å². The summed E-state index contributed by atoms with van der Waals surface area (Å²) in [6.45, 7) is 1.19. The summed E-state index contributed by atoms with van der Waals surface area (Å²) in [4.78, 5) is 21.8. The highest BCUT2D eigenvalue weighted by atomic mass is 35.5. The van der Waals surface area contributed by atoms with Crippen LogP contribution < -0.4 is 0 Å². The second kappa shape index (κ2) is 5.25. The lowest BCUT2D eigenvalue weighted by Crippen LogP contribution is -2.15. The van der Waals surface area contributed by atoms with E-state index in [0.717, 1.165) is 18.2 Å². The number of hydrogen-bond donors (Lipinski definition) is 2. The van der Waals surface area contributed by atoms with Crippen LogP contribution in [-0.2, 0) is 9.59 Å². The number of aliphatic hydroxyl groups is 1. The molecule has 0 saturated heterocycles. The molecule has 0 radical (unpaired) electrons. The van der Waals surface area contributed by atoms with E-state index in [4.69, 9.17) is 16.7 Å². The molecule has 0 aromatic heterocycles. The number of alkyl halides is 1. The number of aliphatic hydroxyl groups excluding tert-OH is 1. The Labute approximate surface area is 102 Å². The summed E-state index contributed by atoms with van der Waals surface area (Å²) in [6.07, 6.45) is -1.84. The first-order valence-electron chi connectivity index (χ1n) is 4.69. The number of aliphatic carboxylic acids is 1. The first-order chi connectivity index (χ1) is 7.84. The predicted octanol–water partition coefficient (Wildman–Crippen LogP) is 1.81. The molecule has 1 rings (SSSR count). The van der Waals surface area contributed by atoms with Crippen LogP contribution in [0.25, 0.3) is 0 Å². The van der Waals surface area contributed by atoms with E-state index in [1.54, 1.807) is 0 Å². The van der Waals surface area contributed by atoms with Crippen LogP contribution in [0, 0.1) is 5.82 Å². The Morgan fingerprint density at radius 2 is 1.94 bits per heavy atom.